The van der Waals surface area contributed by atoms with Gasteiger partial charge < -0.3 is 34.4 Å². The van der Waals surface area contributed by atoms with Crippen LogP contribution in [0.4, 0.5) is 16.5 Å². The average Bonchev–Trinajstić information content (AvgIpc) is 3.25. The van der Waals surface area contributed by atoms with E-state index in [0.717, 1.165) is 11.3 Å². The van der Waals surface area contributed by atoms with Gasteiger partial charge in [-0.15, -0.1) is 0 Å². The summed E-state index contributed by atoms with van der Waals surface area (Å²) in [5.41, 5.74) is 2.58. The number of aromatic nitrogens is 1. The fourth-order valence-electron chi connectivity index (χ4n) is 2.96. The summed E-state index contributed by atoms with van der Waals surface area (Å²) in [6.45, 7) is 5.40. The highest BCUT2D eigenvalue weighted by Crippen LogP contribution is 2.27. The van der Waals surface area contributed by atoms with E-state index in [4.69, 9.17) is 29.5 Å². The first kappa shape index (κ1) is 27.8. The van der Waals surface area contributed by atoms with Crippen molar-refractivity contribution in [3.63, 3.8) is 0 Å². The van der Waals surface area contributed by atoms with Gasteiger partial charge in [0.15, 0.2) is 6.54 Å². The zero-order valence-electron chi connectivity index (χ0n) is 19.3. The zero-order valence-corrected chi connectivity index (χ0v) is 20.2. The van der Waals surface area contributed by atoms with Crippen LogP contribution in [0, 0.1) is 6.92 Å². The lowest BCUT2D eigenvalue weighted by molar-refractivity contribution is -0.669. The lowest BCUT2D eigenvalue weighted by atomic mass is 10.1. The number of carbonyl (C=O) groups is 1. The fraction of sp³-hybridized carbons (Fsp3) is 0.545. The van der Waals surface area contributed by atoms with Gasteiger partial charge in [0.05, 0.1) is 58.0 Å². The maximum atomic E-state index is 11.0. The predicted octanol–water partition coefficient (Wildman–Crippen LogP) is 1.68. The molecule has 2 aromatic rings. The highest BCUT2D eigenvalue weighted by atomic mass is 32.1. The molecular weight excluding hydrogens is 464 g/mol. The molecule has 0 aliphatic rings. The number of nitrogens with zero attached hydrogens (tertiary/aromatic N) is 4. The third kappa shape index (κ3) is 10.2. The Kier molecular flexibility index (Phi) is 13.2. The van der Waals surface area contributed by atoms with Crippen molar-refractivity contribution in [1.82, 2.24) is 0 Å². The Morgan fingerprint density at radius 3 is 2.26 bits per heavy atom. The molecule has 1 aromatic carbocycles. The van der Waals surface area contributed by atoms with E-state index in [1.54, 1.807) is 11.6 Å². The molecule has 0 atom stereocenters. The first-order chi connectivity index (χ1) is 16.5. The van der Waals surface area contributed by atoms with Crippen molar-refractivity contribution in [2.24, 2.45) is 10.2 Å². The molecule has 3 N–H and O–H groups in total. The minimum atomic E-state index is -0.940. The summed E-state index contributed by atoms with van der Waals surface area (Å²) in [4.78, 5) is 13.1. The van der Waals surface area contributed by atoms with Crippen molar-refractivity contribution in [3.8, 4) is 0 Å². The Labute approximate surface area is 202 Å². The molecule has 0 radical (unpaired) electrons. The molecule has 1 aromatic heterocycles. The third-order valence-corrected chi connectivity index (χ3v) is 5.39. The van der Waals surface area contributed by atoms with Gasteiger partial charge in [-0.1, -0.05) is 0 Å². The van der Waals surface area contributed by atoms with Crippen LogP contribution in [-0.2, 0) is 25.5 Å². The molecule has 0 saturated carbocycles. The maximum Gasteiger partial charge on any atom is 0.408 e. The molecule has 0 unspecified atom stereocenters. The monoisotopic (exact) mass is 497 g/mol. The maximum absolute atomic E-state index is 11.0. The van der Waals surface area contributed by atoms with Gasteiger partial charge in [-0.25, -0.2) is 9.36 Å². The molecule has 0 aliphatic heterocycles. The second-order valence-electron chi connectivity index (χ2n) is 7.15. The average molecular weight is 498 g/mol. The number of aliphatic hydroxyl groups is 2. The number of aryl methyl sites for hydroxylation is 1. The number of hydrogen-bond acceptors (Lipinski definition) is 10. The van der Waals surface area contributed by atoms with E-state index in [0.29, 0.717) is 56.9 Å². The summed E-state index contributed by atoms with van der Waals surface area (Å²) >= 11 is 1.32. The van der Waals surface area contributed by atoms with Crippen LogP contribution >= 0.6 is 11.3 Å². The van der Waals surface area contributed by atoms with E-state index in [1.165, 1.54) is 15.9 Å². The molecule has 188 valence electrons. The van der Waals surface area contributed by atoms with Gasteiger partial charge in [-0.3, -0.25) is 0 Å². The van der Waals surface area contributed by atoms with Crippen LogP contribution in [0.25, 0.3) is 0 Å². The van der Waals surface area contributed by atoms with Gasteiger partial charge in [0, 0.05) is 24.2 Å². The second-order valence-corrected chi connectivity index (χ2v) is 8.02. The number of anilines is 1. The Hall–Kier alpha value is -2.48. The number of carboxylic acids is 1. The largest absolute Gasteiger partial charge is 0.478 e. The van der Waals surface area contributed by atoms with Crippen LogP contribution in [0.1, 0.15) is 5.56 Å². The van der Waals surface area contributed by atoms with Crippen molar-refractivity contribution in [2.75, 3.05) is 70.8 Å². The SMILES string of the molecule is Cc1cc(N(CCOCCO)CCOCCOCCO)ccc1N=Nc1scc[n+]1CC(=O)O. The Morgan fingerprint density at radius 1 is 1.00 bits per heavy atom. The van der Waals surface area contributed by atoms with Crippen LogP contribution in [-0.4, -0.2) is 87.2 Å². The molecule has 2 rings (SSSR count). The summed E-state index contributed by atoms with van der Waals surface area (Å²) in [6.07, 6.45) is 1.67. The highest BCUT2D eigenvalue weighted by Gasteiger charge is 2.15. The quantitative estimate of drug-likeness (QED) is 0.161. The van der Waals surface area contributed by atoms with Crippen molar-refractivity contribution in [1.29, 1.82) is 0 Å². The number of thiazole rings is 1. The molecule has 12 heteroatoms. The van der Waals surface area contributed by atoms with Gasteiger partial charge in [0.1, 0.15) is 11.9 Å². The number of azo groups is 1. The summed E-state index contributed by atoms with van der Waals surface area (Å²) in [5.74, 6) is -0.940. The van der Waals surface area contributed by atoms with Gasteiger partial charge >= 0.3 is 11.1 Å². The number of carboxylic acid groups (broad SMARTS) is 1. The van der Waals surface area contributed by atoms with Crippen LogP contribution in [0.15, 0.2) is 40.0 Å². The molecule has 1 heterocycles. The number of hydrogen-bond donors (Lipinski definition) is 3. The fourth-order valence-corrected chi connectivity index (χ4v) is 3.64. The Bertz CT molecular complexity index is 894. The molecule has 0 saturated heterocycles. The topological polar surface area (TPSA) is 137 Å². The number of aliphatic carboxylic acids is 1. The third-order valence-electron chi connectivity index (χ3n) is 4.61. The lowest BCUT2D eigenvalue weighted by Gasteiger charge is -2.25. The summed E-state index contributed by atoms with van der Waals surface area (Å²) in [6, 6.07) is 5.82. The predicted molar refractivity (Wildman–Crippen MR) is 126 cm³/mol. The van der Waals surface area contributed by atoms with Crippen LogP contribution in [0.2, 0.25) is 0 Å². The van der Waals surface area contributed by atoms with Gasteiger partial charge in [-0.2, -0.15) is 0 Å². The normalized spacial score (nSPS) is 11.4. The summed E-state index contributed by atoms with van der Waals surface area (Å²) in [7, 11) is 0. The first-order valence-electron chi connectivity index (χ1n) is 11.0. The Balaban J connectivity index is 2.01. The molecule has 0 spiro atoms. The van der Waals surface area contributed by atoms with Crippen LogP contribution in [0.3, 0.4) is 0 Å². The van der Waals surface area contributed by atoms with Crippen molar-refractivity contribution in [3.05, 3.63) is 35.3 Å². The molecule has 0 bridgehead atoms. The second kappa shape index (κ2) is 16.2. The molecule has 0 aliphatic carbocycles. The van der Waals surface area contributed by atoms with E-state index in [1.807, 2.05) is 25.1 Å². The van der Waals surface area contributed by atoms with Crippen LogP contribution < -0.4 is 9.47 Å². The molecule has 0 fully saturated rings. The van der Waals surface area contributed by atoms with Crippen molar-refractivity contribution < 1.29 is 38.9 Å². The number of benzene rings is 1. The lowest BCUT2D eigenvalue weighted by Crippen LogP contribution is -2.35. The molecular formula is C22H33N4O7S+. The van der Waals surface area contributed by atoms with Crippen LogP contribution in [0.5, 0.6) is 0 Å². The molecule has 0 amide bonds. The van der Waals surface area contributed by atoms with Gasteiger partial charge in [-0.05, 0) is 47.1 Å². The molecule has 11 nitrogen and oxygen atoms in total. The first-order valence-corrected chi connectivity index (χ1v) is 11.8. The van der Waals surface area contributed by atoms with E-state index in [-0.39, 0.29) is 26.4 Å². The Morgan fingerprint density at radius 2 is 1.65 bits per heavy atom. The minimum Gasteiger partial charge on any atom is -0.478 e. The van der Waals surface area contributed by atoms with E-state index in [2.05, 4.69) is 15.1 Å². The van der Waals surface area contributed by atoms with Gasteiger partial charge in [0.25, 0.3) is 0 Å². The summed E-state index contributed by atoms with van der Waals surface area (Å²) < 4.78 is 17.8. The summed E-state index contributed by atoms with van der Waals surface area (Å²) in [5, 5.41) is 37.5. The number of aliphatic hydroxyl groups excluding tert-OH is 2. The van der Waals surface area contributed by atoms with E-state index in [9.17, 15) is 4.79 Å². The highest BCUT2D eigenvalue weighted by molar-refractivity contribution is 7.12. The number of rotatable bonds is 18. The van der Waals surface area contributed by atoms with E-state index >= 15 is 0 Å². The van der Waals surface area contributed by atoms with E-state index < -0.39 is 5.97 Å². The van der Waals surface area contributed by atoms with Crippen molar-refractivity contribution >= 4 is 33.8 Å². The smallest absolute Gasteiger partial charge is 0.408 e. The van der Waals surface area contributed by atoms with Crippen molar-refractivity contribution in [2.45, 2.75) is 13.5 Å². The molecule has 34 heavy (non-hydrogen) atoms. The minimum absolute atomic E-state index is 0.00775. The standard InChI is InChI=1S/C22H32N4O7S/c1-18-16-19(2-3-20(18)23-24-22-26(6-15-34-22)17-21(29)30)25(4-9-31-11-7-27)5-10-32-13-14-33-12-8-28/h2-3,6,15-16,27-28H,4-5,7-14,17H2,1H3/p+1. The number of ether oxygens (including phenoxy) is 3. The van der Waals surface area contributed by atoms with Gasteiger partial charge in [0.2, 0.25) is 0 Å². The zero-order chi connectivity index (χ0) is 24.6.